The van der Waals surface area contributed by atoms with Gasteiger partial charge < -0.3 is 8.94 Å². The lowest BCUT2D eigenvalue weighted by Gasteiger charge is -2.13. The predicted molar refractivity (Wildman–Crippen MR) is 70.3 cm³/mol. The molecule has 0 aliphatic rings. The average Bonchev–Trinajstić information content (AvgIpc) is 2.70. The molecular formula is C13H17O3P. The van der Waals surface area contributed by atoms with Crippen molar-refractivity contribution in [2.75, 3.05) is 12.3 Å². The number of furan rings is 1. The molecule has 0 amide bonds. The first-order valence-corrected chi connectivity index (χ1v) is 7.83. The maximum absolute atomic E-state index is 12.2. The maximum atomic E-state index is 12.2. The number of hydrogen-bond acceptors (Lipinski definition) is 3. The Morgan fingerprint density at radius 2 is 1.94 bits per heavy atom. The molecule has 0 N–H and O–H groups in total. The summed E-state index contributed by atoms with van der Waals surface area (Å²) in [6, 6.07) is 7.71. The van der Waals surface area contributed by atoms with Crippen LogP contribution in [0.3, 0.4) is 0 Å². The fourth-order valence-corrected chi connectivity index (χ4v) is 2.82. The maximum Gasteiger partial charge on any atom is 0.290 e. The first kappa shape index (κ1) is 12.3. The number of fused-ring (bicyclic) bond motifs is 1. The Labute approximate surface area is 101 Å². The van der Waals surface area contributed by atoms with Crippen molar-refractivity contribution >= 4 is 18.3 Å². The van der Waals surface area contributed by atoms with Gasteiger partial charge in [0.15, 0.2) is 0 Å². The fraction of sp³-hybridized carbons (Fsp3) is 0.385. The van der Waals surface area contributed by atoms with Crippen LogP contribution in [-0.2, 0) is 4.57 Å². The van der Waals surface area contributed by atoms with Gasteiger partial charge in [-0.2, -0.15) is 0 Å². The number of rotatable bonds is 4. The Balaban J connectivity index is 2.34. The van der Waals surface area contributed by atoms with Gasteiger partial charge in [0.05, 0.1) is 0 Å². The van der Waals surface area contributed by atoms with Gasteiger partial charge in [0.2, 0.25) is 0 Å². The minimum absolute atomic E-state index is 0.359. The molecule has 0 radical (unpaired) electrons. The van der Waals surface area contributed by atoms with Gasteiger partial charge in [-0.3, -0.25) is 4.57 Å². The summed E-state index contributed by atoms with van der Waals surface area (Å²) in [7, 11) is -2.56. The summed E-state index contributed by atoms with van der Waals surface area (Å²) in [5.74, 6) is 0.359. The second-order valence-electron chi connectivity index (χ2n) is 4.14. The fourth-order valence-electron chi connectivity index (χ4n) is 1.70. The third-order valence-corrected chi connectivity index (χ3v) is 5.31. The van der Waals surface area contributed by atoms with Crippen LogP contribution in [0.25, 0.3) is 11.0 Å². The lowest BCUT2D eigenvalue weighted by Crippen LogP contribution is -1.97. The molecular weight excluding hydrogens is 235 g/mol. The van der Waals surface area contributed by atoms with Crippen molar-refractivity contribution in [1.82, 2.24) is 0 Å². The Kier molecular flexibility index (Phi) is 3.30. The monoisotopic (exact) mass is 252 g/mol. The van der Waals surface area contributed by atoms with Crippen LogP contribution in [0.4, 0.5) is 0 Å². The normalized spacial score (nSPS) is 11.9. The van der Waals surface area contributed by atoms with E-state index in [1.165, 1.54) is 5.56 Å². The molecule has 17 heavy (non-hydrogen) atoms. The first-order valence-electron chi connectivity index (χ1n) is 5.84. The van der Waals surface area contributed by atoms with E-state index in [0.29, 0.717) is 18.3 Å². The summed E-state index contributed by atoms with van der Waals surface area (Å²) >= 11 is 0. The van der Waals surface area contributed by atoms with Crippen LogP contribution in [0.2, 0.25) is 0 Å². The highest BCUT2D eigenvalue weighted by molar-refractivity contribution is 7.59. The van der Waals surface area contributed by atoms with Gasteiger partial charge >= 0.3 is 0 Å². The zero-order valence-electron chi connectivity index (χ0n) is 10.4. The van der Waals surface area contributed by atoms with E-state index in [1.54, 1.807) is 6.07 Å². The Bertz CT molecular complexity index is 563. The molecule has 1 aromatic heterocycles. The van der Waals surface area contributed by atoms with Gasteiger partial charge in [-0.05, 0) is 19.1 Å². The molecule has 3 nitrogen and oxygen atoms in total. The van der Waals surface area contributed by atoms with E-state index >= 15 is 0 Å². The Morgan fingerprint density at radius 3 is 2.59 bits per heavy atom. The minimum Gasteiger partial charge on any atom is -0.425 e. The van der Waals surface area contributed by atoms with Crippen LogP contribution < -0.4 is 4.52 Å². The zero-order valence-corrected chi connectivity index (χ0v) is 11.3. The van der Waals surface area contributed by atoms with Gasteiger partial charge in [-0.25, -0.2) is 0 Å². The van der Waals surface area contributed by atoms with Crippen molar-refractivity contribution in [3.8, 4) is 5.95 Å². The van der Waals surface area contributed by atoms with Crippen LogP contribution in [-0.4, -0.2) is 12.3 Å². The van der Waals surface area contributed by atoms with Crippen LogP contribution in [0.5, 0.6) is 5.95 Å². The Morgan fingerprint density at radius 1 is 1.24 bits per heavy atom. The second kappa shape index (κ2) is 4.58. The largest absolute Gasteiger partial charge is 0.425 e. The molecule has 1 heterocycles. The van der Waals surface area contributed by atoms with Gasteiger partial charge in [-0.1, -0.05) is 25.5 Å². The van der Waals surface area contributed by atoms with Gasteiger partial charge in [0.25, 0.3) is 13.3 Å². The third kappa shape index (κ3) is 2.55. The molecule has 0 fully saturated rings. The van der Waals surface area contributed by atoms with E-state index in [0.717, 1.165) is 11.0 Å². The molecule has 0 unspecified atom stereocenters. The highest BCUT2D eigenvalue weighted by Gasteiger charge is 2.21. The summed E-state index contributed by atoms with van der Waals surface area (Å²) in [6.07, 6.45) is 1.05. The van der Waals surface area contributed by atoms with Crippen LogP contribution >= 0.6 is 7.37 Å². The topological polar surface area (TPSA) is 39.4 Å². The molecule has 4 heteroatoms. The van der Waals surface area contributed by atoms with Crippen LogP contribution in [0, 0.1) is 6.92 Å². The summed E-state index contributed by atoms with van der Waals surface area (Å²) in [5, 5.41) is 0.985. The summed E-state index contributed by atoms with van der Waals surface area (Å²) < 4.78 is 23.2. The lowest BCUT2D eigenvalue weighted by atomic mass is 10.2. The molecule has 2 rings (SSSR count). The molecule has 0 aliphatic heterocycles. The standard InChI is InChI=1S/C13H17O3P/c1-4-17(14,5-2)16-13-9-11-8-10(3)6-7-12(11)15-13/h6-9H,4-5H2,1-3H3. The molecule has 0 aliphatic carbocycles. The Hall–Kier alpha value is -1.21. The van der Waals surface area contributed by atoms with E-state index in [-0.39, 0.29) is 0 Å². The van der Waals surface area contributed by atoms with Crippen molar-refractivity contribution in [2.24, 2.45) is 0 Å². The zero-order chi connectivity index (χ0) is 12.5. The van der Waals surface area contributed by atoms with Crippen molar-refractivity contribution in [2.45, 2.75) is 20.8 Å². The highest BCUT2D eigenvalue weighted by Crippen LogP contribution is 2.47. The molecule has 0 saturated heterocycles. The van der Waals surface area contributed by atoms with E-state index in [4.69, 9.17) is 8.94 Å². The van der Waals surface area contributed by atoms with E-state index in [9.17, 15) is 4.57 Å². The smallest absolute Gasteiger partial charge is 0.290 e. The molecule has 92 valence electrons. The van der Waals surface area contributed by atoms with E-state index < -0.39 is 7.37 Å². The van der Waals surface area contributed by atoms with Gasteiger partial charge in [0, 0.05) is 23.8 Å². The summed E-state index contributed by atoms with van der Waals surface area (Å²) in [6.45, 7) is 5.77. The second-order valence-corrected chi connectivity index (χ2v) is 7.22. The summed E-state index contributed by atoms with van der Waals surface area (Å²) in [4.78, 5) is 0. The van der Waals surface area contributed by atoms with Crippen LogP contribution in [0.1, 0.15) is 19.4 Å². The lowest BCUT2D eigenvalue weighted by molar-refractivity contribution is 0.395. The van der Waals surface area contributed by atoms with Crippen molar-refractivity contribution < 1.29 is 13.5 Å². The third-order valence-electron chi connectivity index (χ3n) is 2.87. The molecule has 0 bridgehead atoms. The molecule has 0 atom stereocenters. The van der Waals surface area contributed by atoms with Gasteiger partial charge in [0.1, 0.15) is 5.58 Å². The number of aryl methyl sites for hydroxylation is 1. The van der Waals surface area contributed by atoms with Crippen molar-refractivity contribution in [1.29, 1.82) is 0 Å². The number of hydrogen-bond donors (Lipinski definition) is 0. The average molecular weight is 252 g/mol. The number of benzene rings is 1. The van der Waals surface area contributed by atoms with E-state index in [2.05, 4.69) is 0 Å². The molecule has 0 saturated carbocycles. The summed E-state index contributed by atoms with van der Waals surface area (Å²) in [5.41, 5.74) is 1.93. The van der Waals surface area contributed by atoms with Gasteiger partial charge in [-0.15, -0.1) is 0 Å². The molecule has 2 aromatic rings. The SMILES string of the molecule is CCP(=O)(CC)Oc1cc2cc(C)ccc2o1. The van der Waals surface area contributed by atoms with Crippen LogP contribution in [0.15, 0.2) is 28.7 Å². The molecule has 1 aromatic carbocycles. The molecule has 0 spiro atoms. The first-order chi connectivity index (χ1) is 8.06. The van der Waals surface area contributed by atoms with E-state index in [1.807, 2.05) is 39.0 Å². The quantitative estimate of drug-likeness (QED) is 0.755. The highest BCUT2D eigenvalue weighted by atomic mass is 31.2. The van der Waals surface area contributed by atoms with Crippen molar-refractivity contribution in [3.63, 3.8) is 0 Å². The minimum atomic E-state index is -2.56. The predicted octanol–water partition coefficient (Wildman–Crippen LogP) is 4.44. The van der Waals surface area contributed by atoms with Crippen molar-refractivity contribution in [3.05, 3.63) is 29.8 Å².